The van der Waals surface area contributed by atoms with Crippen LogP contribution in [-0.2, 0) is 15.6 Å². The van der Waals surface area contributed by atoms with Crippen molar-refractivity contribution in [1.29, 1.82) is 0 Å². The van der Waals surface area contributed by atoms with Crippen molar-refractivity contribution >= 4 is 22.8 Å². The lowest BCUT2D eigenvalue weighted by Gasteiger charge is -2.24. The monoisotopic (exact) mass is 278 g/mol. The molecule has 0 rings (SSSR count). The molecule has 0 heterocycles. The number of hydrogen-bond acceptors (Lipinski definition) is 3. The molecule has 3 atom stereocenters. The van der Waals surface area contributed by atoms with Gasteiger partial charge in [-0.15, -0.1) is 0 Å². The van der Waals surface area contributed by atoms with Crippen molar-refractivity contribution in [3.63, 3.8) is 0 Å². The van der Waals surface area contributed by atoms with E-state index in [9.17, 15) is 13.8 Å². The fraction of sp³-hybridized carbons (Fsp3) is 0.818. The van der Waals surface area contributed by atoms with Crippen LogP contribution in [0.4, 0.5) is 4.79 Å². The van der Waals surface area contributed by atoms with Gasteiger partial charge in [-0.1, -0.05) is 13.8 Å². The van der Waals surface area contributed by atoms with E-state index in [4.69, 9.17) is 5.11 Å². The summed E-state index contributed by atoms with van der Waals surface area (Å²) in [5.41, 5.74) is 0. The first-order valence-electron chi connectivity index (χ1n) is 5.86. The number of rotatable bonds is 7. The zero-order valence-corrected chi connectivity index (χ0v) is 12.1. The molecule has 0 aromatic heterocycles. The van der Waals surface area contributed by atoms with E-state index < -0.39 is 28.8 Å². The molecule has 0 aromatic carbocycles. The van der Waals surface area contributed by atoms with Crippen LogP contribution >= 0.6 is 0 Å². The summed E-state index contributed by atoms with van der Waals surface area (Å²) in [5.74, 6) is -1.02. The number of aliphatic carboxylic acids is 1. The molecule has 0 radical (unpaired) electrons. The number of carbonyl (C=O) groups is 2. The Morgan fingerprint density at radius 3 is 2.39 bits per heavy atom. The Kier molecular flexibility index (Phi) is 7.58. The molecular formula is C11H22N2O4S. The summed E-state index contributed by atoms with van der Waals surface area (Å²) >= 11 is 0. The number of nitrogens with one attached hydrogen (secondary N) is 1. The van der Waals surface area contributed by atoms with E-state index >= 15 is 0 Å². The van der Waals surface area contributed by atoms with Crippen molar-refractivity contribution in [1.82, 2.24) is 10.2 Å². The van der Waals surface area contributed by atoms with Gasteiger partial charge in [0.15, 0.2) is 0 Å². The zero-order chi connectivity index (χ0) is 14.3. The fourth-order valence-corrected chi connectivity index (χ4v) is 1.88. The van der Waals surface area contributed by atoms with Gasteiger partial charge in [0, 0.05) is 35.9 Å². The Labute approximate surface area is 110 Å². The largest absolute Gasteiger partial charge is 0.480 e. The van der Waals surface area contributed by atoms with Crippen LogP contribution < -0.4 is 5.32 Å². The molecule has 106 valence electrons. The summed E-state index contributed by atoms with van der Waals surface area (Å²) < 4.78 is 11.1. The predicted octanol–water partition coefficient (Wildman–Crippen LogP) is 0.648. The summed E-state index contributed by atoms with van der Waals surface area (Å²) in [5, 5.41) is 11.6. The van der Waals surface area contributed by atoms with Crippen LogP contribution in [0.1, 0.15) is 26.7 Å². The summed E-state index contributed by atoms with van der Waals surface area (Å²) in [7, 11) is 0.545. The fourth-order valence-electron chi connectivity index (χ4n) is 1.43. The third-order valence-electron chi connectivity index (χ3n) is 2.85. The van der Waals surface area contributed by atoms with Gasteiger partial charge in [-0.05, 0) is 12.8 Å². The molecule has 0 saturated heterocycles. The van der Waals surface area contributed by atoms with E-state index in [0.29, 0.717) is 19.4 Å². The average Bonchev–Trinajstić information content (AvgIpc) is 2.28. The Balaban J connectivity index is 4.16. The Morgan fingerprint density at radius 2 is 2.00 bits per heavy atom. The highest BCUT2D eigenvalue weighted by Gasteiger charge is 2.24. The summed E-state index contributed by atoms with van der Waals surface area (Å²) in [6.45, 7) is 3.95. The minimum atomic E-state index is -1.02. The maximum Gasteiger partial charge on any atom is 0.326 e. The van der Waals surface area contributed by atoms with Crippen molar-refractivity contribution in [2.75, 3.05) is 19.8 Å². The summed E-state index contributed by atoms with van der Waals surface area (Å²) in [4.78, 5) is 23.7. The van der Waals surface area contributed by atoms with Gasteiger partial charge in [0.1, 0.15) is 6.04 Å². The van der Waals surface area contributed by atoms with Crippen LogP contribution in [0.25, 0.3) is 0 Å². The molecule has 0 spiro atoms. The van der Waals surface area contributed by atoms with Crippen molar-refractivity contribution in [2.24, 2.45) is 0 Å². The SMILES string of the molecule is CCC(C(=O)O)N(C)C(=O)NCCC(C)S(C)=O. The third-order valence-corrected chi connectivity index (χ3v) is 4.22. The van der Waals surface area contributed by atoms with Gasteiger partial charge in [-0.3, -0.25) is 4.21 Å². The second kappa shape index (κ2) is 8.07. The molecule has 0 bridgehead atoms. The first kappa shape index (κ1) is 16.9. The van der Waals surface area contributed by atoms with Crippen molar-refractivity contribution in [3.8, 4) is 0 Å². The molecule has 7 heteroatoms. The highest BCUT2D eigenvalue weighted by Crippen LogP contribution is 2.03. The minimum Gasteiger partial charge on any atom is -0.480 e. The summed E-state index contributed by atoms with van der Waals surface area (Å²) in [6.07, 6.45) is 2.58. The number of likely N-dealkylation sites (N-methyl/N-ethyl adjacent to an activating group) is 1. The van der Waals surface area contributed by atoms with E-state index in [1.807, 2.05) is 6.92 Å². The van der Waals surface area contributed by atoms with E-state index in [1.165, 1.54) is 11.9 Å². The minimum absolute atomic E-state index is 0.0112. The number of carboxylic acids is 1. The van der Waals surface area contributed by atoms with Gasteiger partial charge in [-0.25, -0.2) is 9.59 Å². The number of nitrogens with zero attached hydrogens (tertiary/aromatic N) is 1. The predicted molar refractivity (Wildman–Crippen MR) is 71.0 cm³/mol. The van der Waals surface area contributed by atoms with E-state index in [-0.39, 0.29) is 5.25 Å². The van der Waals surface area contributed by atoms with E-state index in [2.05, 4.69) is 5.32 Å². The van der Waals surface area contributed by atoms with Crippen LogP contribution in [0.2, 0.25) is 0 Å². The smallest absolute Gasteiger partial charge is 0.326 e. The number of carbonyl (C=O) groups excluding carboxylic acids is 1. The van der Waals surface area contributed by atoms with Gasteiger partial charge < -0.3 is 15.3 Å². The third kappa shape index (κ3) is 5.48. The zero-order valence-electron chi connectivity index (χ0n) is 11.3. The summed E-state index contributed by atoms with van der Waals surface area (Å²) in [6, 6.07) is -1.24. The molecule has 0 aliphatic rings. The maximum absolute atomic E-state index is 11.7. The van der Waals surface area contributed by atoms with Gasteiger partial charge in [0.2, 0.25) is 0 Å². The molecule has 2 amide bonds. The average molecular weight is 278 g/mol. The van der Waals surface area contributed by atoms with Gasteiger partial charge in [0.05, 0.1) is 0 Å². The van der Waals surface area contributed by atoms with Crippen LogP contribution in [0.15, 0.2) is 0 Å². The maximum atomic E-state index is 11.7. The van der Waals surface area contributed by atoms with Gasteiger partial charge in [0.25, 0.3) is 0 Å². The van der Waals surface area contributed by atoms with Crippen LogP contribution in [0.5, 0.6) is 0 Å². The lowest BCUT2D eigenvalue weighted by atomic mass is 10.2. The second-order valence-corrected chi connectivity index (χ2v) is 6.00. The molecule has 0 aromatic rings. The topological polar surface area (TPSA) is 86.7 Å². The molecule has 0 aliphatic carbocycles. The van der Waals surface area contributed by atoms with Gasteiger partial charge >= 0.3 is 12.0 Å². The number of amides is 2. The van der Waals surface area contributed by atoms with Gasteiger partial charge in [-0.2, -0.15) is 0 Å². The Morgan fingerprint density at radius 1 is 1.44 bits per heavy atom. The van der Waals surface area contributed by atoms with E-state index in [0.717, 1.165) is 0 Å². The quantitative estimate of drug-likeness (QED) is 0.716. The molecular weight excluding hydrogens is 256 g/mol. The van der Waals surface area contributed by atoms with Crippen molar-refractivity contribution < 1.29 is 18.9 Å². The molecule has 0 saturated carbocycles. The van der Waals surface area contributed by atoms with E-state index in [1.54, 1.807) is 13.2 Å². The van der Waals surface area contributed by atoms with Crippen molar-refractivity contribution in [2.45, 2.75) is 38.0 Å². The number of carboxylic acid groups (broad SMARTS) is 1. The number of urea groups is 1. The lowest BCUT2D eigenvalue weighted by molar-refractivity contribution is -0.141. The molecule has 3 unspecified atom stereocenters. The van der Waals surface area contributed by atoms with Crippen LogP contribution in [0, 0.1) is 0 Å². The van der Waals surface area contributed by atoms with Crippen LogP contribution in [-0.4, -0.2) is 57.4 Å². The molecule has 0 aliphatic heterocycles. The first-order valence-corrected chi connectivity index (χ1v) is 7.49. The second-order valence-electron chi connectivity index (χ2n) is 4.20. The Hall–Kier alpha value is -1.11. The molecule has 0 fully saturated rings. The first-order chi connectivity index (χ1) is 8.31. The standard InChI is InChI=1S/C11H22N2O4S/c1-5-9(10(14)15)13(3)11(16)12-7-6-8(2)18(4)17/h8-9H,5-7H2,1-4H3,(H,12,16)(H,14,15). The highest BCUT2D eigenvalue weighted by atomic mass is 32.2. The van der Waals surface area contributed by atoms with Crippen LogP contribution in [0.3, 0.4) is 0 Å². The normalized spacial score (nSPS) is 15.6. The molecule has 6 nitrogen and oxygen atoms in total. The Bertz CT molecular complexity index is 322. The molecule has 18 heavy (non-hydrogen) atoms. The molecule has 2 N–H and O–H groups in total. The van der Waals surface area contributed by atoms with Crippen molar-refractivity contribution in [3.05, 3.63) is 0 Å². The lowest BCUT2D eigenvalue weighted by Crippen LogP contribution is -2.47. The highest BCUT2D eigenvalue weighted by molar-refractivity contribution is 7.84. The number of hydrogen-bond donors (Lipinski definition) is 2.